The van der Waals surface area contributed by atoms with Crippen LogP contribution >= 0.6 is 0 Å². The first kappa shape index (κ1) is 23.8. The summed E-state index contributed by atoms with van der Waals surface area (Å²) in [6.07, 6.45) is 8.68. The maximum atomic E-state index is 11.4. The van der Waals surface area contributed by atoms with Crippen molar-refractivity contribution in [3.05, 3.63) is 0 Å². The third-order valence-corrected chi connectivity index (χ3v) is 4.00. The molecule has 0 aliphatic heterocycles. The standard InChI is InChI=1S/C14H28O5S.Na.H/c1-2-3-4-5-6-7-8-9-10-11-13(15)14(16)12-20(17,18)19;;/h14,16H,2-12H2,1H3,(H,17,18,19);;. The molecule has 0 fully saturated rings. The van der Waals surface area contributed by atoms with Gasteiger partial charge >= 0.3 is 29.6 Å². The quantitative estimate of drug-likeness (QED) is 0.306. The van der Waals surface area contributed by atoms with E-state index in [0.717, 1.165) is 19.3 Å². The van der Waals surface area contributed by atoms with Crippen molar-refractivity contribution in [3.63, 3.8) is 0 Å². The summed E-state index contributed by atoms with van der Waals surface area (Å²) in [7, 11) is -4.29. The summed E-state index contributed by atoms with van der Waals surface area (Å²) in [5.41, 5.74) is 0. The number of hydrogen-bond acceptors (Lipinski definition) is 4. The number of aliphatic hydroxyl groups excluding tert-OH is 1. The van der Waals surface area contributed by atoms with E-state index in [1.807, 2.05) is 0 Å². The van der Waals surface area contributed by atoms with Gasteiger partial charge in [-0.15, -0.1) is 0 Å². The van der Waals surface area contributed by atoms with Crippen LogP contribution in [0, 0.1) is 0 Å². The van der Waals surface area contributed by atoms with E-state index in [1.54, 1.807) is 0 Å². The van der Waals surface area contributed by atoms with Crippen LogP contribution in [0.1, 0.15) is 71.1 Å². The van der Waals surface area contributed by atoms with Gasteiger partial charge in [0.25, 0.3) is 10.1 Å². The number of unbranched alkanes of at least 4 members (excludes halogenated alkanes) is 8. The first-order valence-corrected chi connectivity index (χ1v) is 9.13. The molecule has 0 aliphatic carbocycles. The van der Waals surface area contributed by atoms with Crippen LogP contribution < -0.4 is 0 Å². The molecule has 0 aromatic heterocycles. The SMILES string of the molecule is CCCCCCCCCCCC(=O)C(O)CS(=O)(=O)O.[NaH]. The fraction of sp³-hybridized carbons (Fsp3) is 0.929. The molecule has 7 heteroatoms. The molecule has 0 amide bonds. The number of carbonyl (C=O) groups excluding carboxylic acids is 1. The molecule has 0 rings (SSSR count). The second-order valence-corrected chi connectivity index (χ2v) is 6.81. The van der Waals surface area contributed by atoms with Gasteiger partial charge in [0.2, 0.25) is 0 Å². The number of ketones is 1. The van der Waals surface area contributed by atoms with Crippen molar-refractivity contribution < 1.29 is 22.9 Å². The Hall–Kier alpha value is 0.540. The zero-order chi connectivity index (χ0) is 15.4. The van der Waals surface area contributed by atoms with Gasteiger partial charge in [-0.25, -0.2) is 0 Å². The normalized spacial score (nSPS) is 12.7. The Kier molecular flexibility index (Phi) is 16.0. The summed E-state index contributed by atoms with van der Waals surface area (Å²) >= 11 is 0. The topological polar surface area (TPSA) is 91.7 Å². The molecule has 2 N–H and O–H groups in total. The van der Waals surface area contributed by atoms with Crippen molar-refractivity contribution in [2.45, 2.75) is 77.2 Å². The zero-order valence-electron chi connectivity index (χ0n) is 12.4. The van der Waals surface area contributed by atoms with Crippen molar-refractivity contribution in [3.8, 4) is 0 Å². The van der Waals surface area contributed by atoms with Gasteiger partial charge in [0.05, 0.1) is 0 Å². The van der Waals surface area contributed by atoms with Gasteiger partial charge in [-0.1, -0.05) is 58.3 Å². The van der Waals surface area contributed by atoms with E-state index in [-0.39, 0.29) is 36.0 Å². The molecule has 0 bridgehead atoms. The van der Waals surface area contributed by atoms with Gasteiger partial charge in [-0.2, -0.15) is 8.42 Å². The van der Waals surface area contributed by atoms with Gasteiger partial charge in [-0.05, 0) is 6.42 Å². The summed E-state index contributed by atoms with van der Waals surface area (Å²) < 4.78 is 29.6. The van der Waals surface area contributed by atoms with Gasteiger partial charge in [0.15, 0.2) is 5.78 Å². The molecule has 21 heavy (non-hydrogen) atoms. The van der Waals surface area contributed by atoms with E-state index >= 15 is 0 Å². The van der Waals surface area contributed by atoms with Crippen molar-refractivity contribution >= 4 is 45.5 Å². The molecule has 0 aromatic carbocycles. The number of carbonyl (C=O) groups is 1. The fourth-order valence-corrected chi connectivity index (χ4v) is 2.65. The zero-order valence-corrected chi connectivity index (χ0v) is 13.2. The van der Waals surface area contributed by atoms with Crippen LogP contribution in [-0.2, 0) is 14.9 Å². The van der Waals surface area contributed by atoms with Crippen LogP contribution in [0.25, 0.3) is 0 Å². The van der Waals surface area contributed by atoms with Gasteiger partial charge < -0.3 is 5.11 Å². The summed E-state index contributed by atoms with van der Waals surface area (Å²) in [6, 6.07) is 0. The second kappa shape index (κ2) is 14.2. The van der Waals surface area contributed by atoms with Gasteiger partial charge in [0, 0.05) is 6.42 Å². The Bertz CT molecular complexity index is 356. The monoisotopic (exact) mass is 332 g/mol. The third-order valence-electron chi connectivity index (χ3n) is 3.27. The molecule has 0 saturated carbocycles. The van der Waals surface area contributed by atoms with Gasteiger partial charge in [0.1, 0.15) is 11.9 Å². The predicted octanol–water partition coefficient (Wildman–Crippen LogP) is 2.08. The van der Waals surface area contributed by atoms with Crippen LogP contribution in [0.4, 0.5) is 0 Å². The van der Waals surface area contributed by atoms with E-state index < -0.39 is 27.8 Å². The van der Waals surface area contributed by atoms with Gasteiger partial charge in [-0.3, -0.25) is 9.35 Å². The number of Topliss-reactive ketones (excluding diaryl/α,β-unsaturated/α-hetero) is 1. The molecule has 1 unspecified atom stereocenters. The maximum absolute atomic E-state index is 11.4. The first-order valence-electron chi connectivity index (χ1n) is 7.52. The minimum atomic E-state index is -4.29. The minimum absolute atomic E-state index is 0. The van der Waals surface area contributed by atoms with Crippen molar-refractivity contribution in [1.82, 2.24) is 0 Å². The fourth-order valence-electron chi connectivity index (χ4n) is 2.07. The van der Waals surface area contributed by atoms with E-state index in [2.05, 4.69) is 6.92 Å². The Balaban J connectivity index is 0. The Morgan fingerprint density at radius 3 is 1.81 bits per heavy atom. The van der Waals surface area contributed by atoms with E-state index in [0.29, 0.717) is 6.42 Å². The molecule has 0 spiro atoms. The van der Waals surface area contributed by atoms with Crippen molar-refractivity contribution in [2.75, 3.05) is 5.75 Å². The molecule has 5 nitrogen and oxygen atoms in total. The Morgan fingerprint density at radius 1 is 0.952 bits per heavy atom. The Labute approximate surface area is 150 Å². The van der Waals surface area contributed by atoms with Crippen LogP contribution in [-0.4, -0.2) is 65.3 Å². The van der Waals surface area contributed by atoms with E-state index in [4.69, 9.17) is 4.55 Å². The van der Waals surface area contributed by atoms with Crippen LogP contribution in [0.2, 0.25) is 0 Å². The van der Waals surface area contributed by atoms with E-state index in [1.165, 1.54) is 32.1 Å². The molecular formula is C14H29NaO5S. The second-order valence-electron chi connectivity index (χ2n) is 5.31. The molecular weight excluding hydrogens is 303 g/mol. The number of rotatable bonds is 13. The van der Waals surface area contributed by atoms with Crippen molar-refractivity contribution in [2.24, 2.45) is 0 Å². The molecule has 0 aliphatic rings. The molecule has 1 atom stereocenters. The molecule has 0 radical (unpaired) electrons. The Morgan fingerprint density at radius 2 is 1.38 bits per heavy atom. The number of aliphatic hydroxyl groups is 1. The van der Waals surface area contributed by atoms with Crippen LogP contribution in [0.3, 0.4) is 0 Å². The third kappa shape index (κ3) is 16.7. The average Bonchev–Trinajstić information content (AvgIpc) is 2.34. The van der Waals surface area contributed by atoms with E-state index in [9.17, 15) is 18.3 Å². The molecule has 122 valence electrons. The summed E-state index contributed by atoms with van der Waals surface area (Å²) in [6.45, 7) is 2.19. The summed E-state index contributed by atoms with van der Waals surface area (Å²) in [5, 5.41) is 9.29. The van der Waals surface area contributed by atoms with Crippen LogP contribution in [0.15, 0.2) is 0 Å². The van der Waals surface area contributed by atoms with Crippen LogP contribution in [0.5, 0.6) is 0 Å². The average molecular weight is 332 g/mol. The molecule has 0 saturated heterocycles. The molecule has 0 heterocycles. The first-order chi connectivity index (χ1) is 9.37. The summed E-state index contributed by atoms with van der Waals surface area (Å²) in [4.78, 5) is 11.4. The summed E-state index contributed by atoms with van der Waals surface area (Å²) in [5.74, 6) is -1.41. The predicted molar refractivity (Wildman–Crippen MR) is 86.4 cm³/mol. The molecule has 0 aromatic rings. The van der Waals surface area contributed by atoms with Crippen molar-refractivity contribution in [1.29, 1.82) is 0 Å². The number of hydrogen-bond donors (Lipinski definition) is 2.